The van der Waals surface area contributed by atoms with Gasteiger partial charge in [0.2, 0.25) is 0 Å². The van der Waals surface area contributed by atoms with Crippen LogP contribution in [0.3, 0.4) is 0 Å². The number of nitrogens with zero attached hydrogens (tertiary/aromatic N) is 2. The Morgan fingerprint density at radius 2 is 0.877 bits per heavy atom. The van der Waals surface area contributed by atoms with Crippen molar-refractivity contribution in [1.29, 1.82) is 0 Å². The molecule has 0 fully saturated rings. The maximum absolute atomic E-state index is 6.41. The van der Waals surface area contributed by atoms with Gasteiger partial charge in [-0.3, -0.25) is 0 Å². The van der Waals surface area contributed by atoms with Gasteiger partial charge in [0.05, 0.1) is 22.4 Å². The quantitative estimate of drug-likeness (QED) is 0.163. The molecule has 0 spiro atoms. The highest BCUT2D eigenvalue weighted by Gasteiger charge is 2.23. The van der Waals surface area contributed by atoms with Crippen molar-refractivity contribution in [3.8, 4) is 39.1 Å². The highest BCUT2D eigenvalue weighted by atomic mass is 16.3. The lowest BCUT2D eigenvalue weighted by Gasteiger charge is -2.30. The summed E-state index contributed by atoms with van der Waals surface area (Å²) in [5.41, 5.74) is 15.4. The summed E-state index contributed by atoms with van der Waals surface area (Å²) in [5.74, 6) is 0. The van der Waals surface area contributed by atoms with Gasteiger partial charge < -0.3 is 13.9 Å². The zero-order chi connectivity index (χ0) is 37.7. The molecule has 0 aliphatic rings. The second-order valence-corrected chi connectivity index (χ2v) is 14.5. The first-order valence-electron chi connectivity index (χ1n) is 19.4. The van der Waals surface area contributed by atoms with Crippen LogP contribution in [0.25, 0.3) is 82.8 Å². The fraction of sp³-hybridized carbons (Fsp3) is 0. The van der Waals surface area contributed by atoms with Crippen molar-refractivity contribution in [2.24, 2.45) is 0 Å². The highest BCUT2D eigenvalue weighted by molar-refractivity contribution is 6.14. The SMILES string of the molecule is c1ccc(-c2ccc(-c3ccccc3N(c3cccc(-n4c5ccccc5c5ccccc54)c3)c3ccccc3-c3cccc4oc5ccccc5c34)cc2)cc1. The lowest BCUT2D eigenvalue weighted by Crippen LogP contribution is -2.13. The van der Waals surface area contributed by atoms with Crippen molar-refractivity contribution in [3.63, 3.8) is 0 Å². The minimum absolute atomic E-state index is 0.877. The van der Waals surface area contributed by atoms with E-state index in [-0.39, 0.29) is 0 Å². The molecule has 3 heteroatoms. The van der Waals surface area contributed by atoms with Crippen molar-refractivity contribution in [2.45, 2.75) is 0 Å². The summed E-state index contributed by atoms with van der Waals surface area (Å²) < 4.78 is 8.81. The van der Waals surface area contributed by atoms with Crippen LogP contribution in [0.4, 0.5) is 17.1 Å². The molecule has 57 heavy (non-hydrogen) atoms. The van der Waals surface area contributed by atoms with E-state index >= 15 is 0 Å². The molecule has 0 amide bonds. The van der Waals surface area contributed by atoms with E-state index in [0.29, 0.717) is 0 Å². The largest absolute Gasteiger partial charge is 0.456 e. The number of anilines is 3. The topological polar surface area (TPSA) is 21.3 Å². The van der Waals surface area contributed by atoms with Crippen LogP contribution in [-0.4, -0.2) is 4.57 Å². The van der Waals surface area contributed by atoms with Gasteiger partial charge in [-0.25, -0.2) is 0 Å². The van der Waals surface area contributed by atoms with E-state index in [2.05, 4.69) is 222 Å². The van der Waals surface area contributed by atoms with E-state index in [1.807, 2.05) is 6.07 Å². The molecular weight excluding hydrogens is 693 g/mol. The molecule has 11 rings (SSSR count). The smallest absolute Gasteiger partial charge is 0.136 e. The fourth-order valence-corrected chi connectivity index (χ4v) is 8.66. The molecule has 11 aromatic rings. The summed E-state index contributed by atoms with van der Waals surface area (Å²) in [7, 11) is 0. The highest BCUT2D eigenvalue weighted by Crippen LogP contribution is 2.47. The van der Waals surface area contributed by atoms with Crippen LogP contribution in [0.5, 0.6) is 0 Å². The van der Waals surface area contributed by atoms with Crippen LogP contribution in [-0.2, 0) is 0 Å². The Bertz CT molecular complexity index is 3190. The molecule has 268 valence electrons. The Morgan fingerprint density at radius 1 is 0.351 bits per heavy atom. The zero-order valence-electron chi connectivity index (χ0n) is 31.1. The van der Waals surface area contributed by atoms with E-state index < -0.39 is 0 Å². The first kappa shape index (κ1) is 32.8. The third-order valence-corrected chi connectivity index (χ3v) is 11.2. The fourth-order valence-electron chi connectivity index (χ4n) is 8.66. The van der Waals surface area contributed by atoms with Gasteiger partial charge in [0.25, 0.3) is 0 Å². The summed E-state index contributed by atoms with van der Waals surface area (Å²) in [4.78, 5) is 2.44. The van der Waals surface area contributed by atoms with Crippen LogP contribution in [0, 0.1) is 0 Å². The molecule has 9 aromatic carbocycles. The van der Waals surface area contributed by atoms with Gasteiger partial charge in [-0.1, -0.05) is 164 Å². The van der Waals surface area contributed by atoms with Crippen LogP contribution >= 0.6 is 0 Å². The molecule has 0 aliphatic carbocycles. The monoisotopic (exact) mass is 728 g/mol. The minimum atomic E-state index is 0.877. The second-order valence-electron chi connectivity index (χ2n) is 14.5. The van der Waals surface area contributed by atoms with Crippen molar-refractivity contribution >= 4 is 60.8 Å². The van der Waals surface area contributed by atoms with E-state index in [9.17, 15) is 0 Å². The summed E-state index contributed by atoms with van der Waals surface area (Å²) in [6.07, 6.45) is 0. The first-order valence-corrected chi connectivity index (χ1v) is 19.4. The molecule has 2 heterocycles. The predicted molar refractivity (Wildman–Crippen MR) is 239 cm³/mol. The Hall–Kier alpha value is -7.62. The zero-order valence-corrected chi connectivity index (χ0v) is 31.1. The van der Waals surface area contributed by atoms with Crippen LogP contribution in [0.15, 0.2) is 223 Å². The Morgan fingerprint density at radius 3 is 1.63 bits per heavy atom. The Balaban J connectivity index is 1.16. The van der Waals surface area contributed by atoms with Gasteiger partial charge >= 0.3 is 0 Å². The van der Waals surface area contributed by atoms with E-state index in [4.69, 9.17) is 4.42 Å². The van der Waals surface area contributed by atoms with Crippen molar-refractivity contribution < 1.29 is 4.42 Å². The molecule has 3 nitrogen and oxygen atoms in total. The minimum Gasteiger partial charge on any atom is -0.456 e. The van der Waals surface area contributed by atoms with Crippen LogP contribution in [0.2, 0.25) is 0 Å². The Kier molecular flexibility index (Phi) is 7.82. The second kappa shape index (κ2) is 13.6. The maximum atomic E-state index is 6.41. The van der Waals surface area contributed by atoms with E-state index in [1.54, 1.807) is 0 Å². The number of hydrogen-bond acceptors (Lipinski definition) is 2. The summed E-state index contributed by atoms with van der Waals surface area (Å²) in [6, 6.07) is 78.2. The molecular formula is C54H36N2O. The average Bonchev–Trinajstić information content (AvgIpc) is 3.84. The van der Waals surface area contributed by atoms with Gasteiger partial charge in [-0.2, -0.15) is 0 Å². The van der Waals surface area contributed by atoms with Gasteiger partial charge in [-0.15, -0.1) is 0 Å². The third-order valence-electron chi connectivity index (χ3n) is 11.2. The number of aromatic nitrogens is 1. The van der Waals surface area contributed by atoms with Crippen molar-refractivity contribution in [2.75, 3.05) is 4.90 Å². The lowest BCUT2D eigenvalue weighted by molar-refractivity contribution is 0.669. The number of para-hydroxylation sites is 5. The number of fused-ring (bicyclic) bond motifs is 6. The lowest BCUT2D eigenvalue weighted by atomic mass is 9.95. The van der Waals surface area contributed by atoms with Gasteiger partial charge in [0.15, 0.2) is 0 Å². The summed E-state index contributed by atoms with van der Waals surface area (Å²) >= 11 is 0. The van der Waals surface area contributed by atoms with Crippen LogP contribution in [0.1, 0.15) is 0 Å². The number of benzene rings is 9. The molecule has 0 unspecified atom stereocenters. The maximum Gasteiger partial charge on any atom is 0.136 e. The van der Waals surface area contributed by atoms with Gasteiger partial charge in [0.1, 0.15) is 11.2 Å². The third kappa shape index (κ3) is 5.51. The molecule has 0 aliphatic heterocycles. The van der Waals surface area contributed by atoms with E-state index in [1.165, 1.54) is 32.9 Å². The standard InChI is InChI=1S/C54H36N2O/c1-2-16-37(17-3-1)38-32-34-39(35-33-38)42-20-4-9-26-48(42)55(40-18-14-19-41(36-40)56-49-27-10-5-21-43(49)44-22-6-11-28-50(44)56)51-29-12-7-23-45(51)46-25-15-31-53-54(46)47-24-8-13-30-52(47)57-53/h1-36H. The van der Waals surface area contributed by atoms with Crippen molar-refractivity contribution in [3.05, 3.63) is 218 Å². The van der Waals surface area contributed by atoms with Gasteiger partial charge in [-0.05, 0) is 76.9 Å². The predicted octanol–water partition coefficient (Wildman–Crippen LogP) is 15.2. The normalized spacial score (nSPS) is 11.5. The molecule has 0 atom stereocenters. The molecule has 0 bridgehead atoms. The Labute approximate surface area is 330 Å². The first-order chi connectivity index (χ1) is 28.3. The number of furan rings is 1. The molecule has 2 aromatic heterocycles. The average molecular weight is 729 g/mol. The van der Waals surface area contributed by atoms with Crippen molar-refractivity contribution in [1.82, 2.24) is 4.57 Å². The summed E-state index contributed by atoms with van der Waals surface area (Å²) in [5, 5.41) is 4.71. The van der Waals surface area contributed by atoms with Gasteiger partial charge in [0, 0.05) is 44.0 Å². The number of hydrogen-bond donors (Lipinski definition) is 0. The van der Waals surface area contributed by atoms with E-state index in [0.717, 1.165) is 66.9 Å². The number of rotatable bonds is 7. The molecule has 0 N–H and O–H groups in total. The van der Waals surface area contributed by atoms with Crippen LogP contribution < -0.4 is 4.90 Å². The molecule has 0 saturated carbocycles. The molecule has 0 saturated heterocycles. The summed E-state index contributed by atoms with van der Waals surface area (Å²) in [6.45, 7) is 0. The molecule has 0 radical (unpaired) electrons.